The largest absolute Gasteiger partial charge is 0.497 e. The first-order valence-corrected chi connectivity index (χ1v) is 11.0. The molecule has 0 bridgehead atoms. The Balaban J connectivity index is 1.64. The van der Waals surface area contributed by atoms with Gasteiger partial charge in [0.2, 0.25) is 15.9 Å². The van der Waals surface area contributed by atoms with Crippen LogP contribution in [0.5, 0.6) is 5.75 Å². The molecule has 1 N–H and O–H groups in total. The second kappa shape index (κ2) is 8.94. The van der Waals surface area contributed by atoms with Gasteiger partial charge >= 0.3 is 0 Å². The number of piperidine rings is 1. The molecular formula is C20H23ClN2O4S. The fourth-order valence-corrected chi connectivity index (χ4v) is 5.07. The van der Waals surface area contributed by atoms with E-state index in [4.69, 9.17) is 16.3 Å². The lowest BCUT2D eigenvalue weighted by molar-refractivity contribution is -0.120. The van der Waals surface area contributed by atoms with E-state index in [0.717, 1.165) is 0 Å². The quantitative estimate of drug-likeness (QED) is 0.772. The Morgan fingerprint density at radius 3 is 2.68 bits per heavy atom. The lowest BCUT2D eigenvalue weighted by Gasteiger charge is -2.31. The molecular weight excluding hydrogens is 400 g/mol. The Kier molecular flexibility index (Phi) is 6.59. The van der Waals surface area contributed by atoms with Gasteiger partial charge in [0.15, 0.2) is 0 Å². The van der Waals surface area contributed by atoms with Crippen LogP contribution in [0.4, 0.5) is 5.69 Å². The minimum atomic E-state index is -3.52. The molecule has 1 atom stereocenters. The number of nitrogens with one attached hydrogen (secondary N) is 1. The van der Waals surface area contributed by atoms with Crippen LogP contribution >= 0.6 is 11.6 Å². The Labute approximate surface area is 170 Å². The van der Waals surface area contributed by atoms with Gasteiger partial charge in [0.05, 0.1) is 18.8 Å². The number of nitrogens with zero attached hydrogens (tertiary/aromatic N) is 1. The number of carbonyl (C=O) groups is 1. The monoisotopic (exact) mass is 422 g/mol. The van der Waals surface area contributed by atoms with Crippen molar-refractivity contribution in [1.82, 2.24) is 4.31 Å². The number of methoxy groups -OCH3 is 1. The van der Waals surface area contributed by atoms with Crippen LogP contribution in [0.1, 0.15) is 18.4 Å². The summed E-state index contributed by atoms with van der Waals surface area (Å²) in [5, 5.41) is 3.36. The number of halogens is 1. The average Bonchev–Trinajstić information content (AvgIpc) is 2.68. The summed E-state index contributed by atoms with van der Waals surface area (Å²) in [6, 6.07) is 13.9. The van der Waals surface area contributed by atoms with Gasteiger partial charge in [-0.15, -0.1) is 0 Å². The molecule has 2 aromatic rings. The minimum Gasteiger partial charge on any atom is -0.497 e. The molecule has 0 spiro atoms. The second-order valence-corrected chi connectivity index (χ2v) is 9.21. The molecule has 28 heavy (non-hydrogen) atoms. The molecule has 0 saturated carbocycles. The summed E-state index contributed by atoms with van der Waals surface area (Å²) in [4.78, 5) is 12.6. The molecule has 6 nitrogen and oxygen atoms in total. The zero-order valence-corrected chi connectivity index (χ0v) is 17.2. The standard InChI is InChI=1S/C20H23ClN2O4S/c1-27-19-9-7-18(8-10-19)22-20(24)16-5-3-11-23(13-16)28(25,26)14-15-4-2-6-17(21)12-15/h2,4,6-10,12,16H,3,5,11,13-14H2,1H3,(H,22,24)/t16-/m0/s1. The van der Waals surface area contributed by atoms with Crippen molar-refractivity contribution in [2.45, 2.75) is 18.6 Å². The molecule has 1 saturated heterocycles. The van der Waals surface area contributed by atoms with Gasteiger partial charge in [-0.1, -0.05) is 23.7 Å². The number of anilines is 1. The van der Waals surface area contributed by atoms with Crippen molar-refractivity contribution in [3.05, 3.63) is 59.1 Å². The van der Waals surface area contributed by atoms with Crippen molar-refractivity contribution in [3.8, 4) is 5.75 Å². The lowest BCUT2D eigenvalue weighted by Crippen LogP contribution is -2.44. The number of benzene rings is 2. The summed E-state index contributed by atoms with van der Waals surface area (Å²) in [6.07, 6.45) is 1.31. The number of rotatable bonds is 6. The van der Waals surface area contributed by atoms with Crippen LogP contribution in [0.2, 0.25) is 5.02 Å². The lowest BCUT2D eigenvalue weighted by atomic mass is 9.99. The SMILES string of the molecule is COc1ccc(NC(=O)[C@H]2CCCN(S(=O)(=O)Cc3cccc(Cl)c3)C2)cc1. The molecule has 0 unspecified atom stereocenters. The summed E-state index contributed by atoms with van der Waals surface area (Å²) in [7, 11) is -1.95. The highest BCUT2D eigenvalue weighted by molar-refractivity contribution is 7.88. The van der Waals surface area contributed by atoms with E-state index in [-0.39, 0.29) is 24.1 Å². The van der Waals surface area contributed by atoms with E-state index < -0.39 is 10.0 Å². The molecule has 3 rings (SSSR count). The van der Waals surface area contributed by atoms with Gasteiger partial charge in [0.25, 0.3) is 0 Å². The Morgan fingerprint density at radius 2 is 2.00 bits per heavy atom. The average molecular weight is 423 g/mol. The van der Waals surface area contributed by atoms with Crippen LogP contribution in [0.3, 0.4) is 0 Å². The molecule has 8 heteroatoms. The van der Waals surface area contributed by atoms with Gasteiger partial charge in [-0.3, -0.25) is 4.79 Å². The number of carbonyl (C=O) groups excluding carboxylic acids is 1. The summed E-state index contributed by atoms with van der Waals surface area (Å²) < 4.78 is 32.1. The Bertz CT molecular complexity index is 931. The first-order chi connectivity index (χ1) is 13.4. The summed E-state index contributed by atoms with van der Waals surface area (Å²) in [5.74, 6) is 0.0205. The molecule has 0 aliphatic carbocycles. The fourth-order valence-electron chi connectivity index (χ4n) is 3.26. The van der Waals surface area contributed by atoms with Crippen LogP contribution < -0.4 is 10.1 Å². The third kappa shape index (κ3) is 5.25. The van der Waals surface area contributed by atoms with Crippen LogP contribution in [-0.4, -0.2) is 38.8 Å². The van der Waals surface area contributed by atoms with Gasteiger partial charge in [-0.25, -0.2) is 12.7 Å². The van der Waals surface area contributed by atoms with Crippen molar-refractivity contribution in [2.24, 2.45) is 5.92 Å². The molecule has 1 amide bonds. The van der Waals surface area contributed by atoms with Gasteiger partial charge in [-0.2, -0.15) is 0 Å². The van der Waals surface area contributed by atoms with Crippen LogP contribution in [0, 0.1) is 5.92 Å². The number of amides is 1. The number of hydrogen-bond donors (Lipinski definition) is 1. The summed E-state index contributed by atoms with van der Waals surface area (Å²) in [6.45, 7) is 0.611. The van der Waals surface area contributed by atoms with E-state index in [9.17, 15) is 13.2 Å². The third-order valence-corrected chi connectivity index (χ3v) is 6.80. The molecule has 1 aliphatic heterocycles. The van der Waals surface area contributed by atoms with Crippen molar-refractivity contribution in [1.29, 1.82) is 0 Å². The smallest absolute Gasteiger partial charge is 0.228 e. The maximum atomic E-state index is 12.8. The van der Waals surface area contributed by atoms with Crippen molar-refractivity contribution in [2.75, 3.05) is 25.5 Å². The van der Waals surface area contributed by atoms with Gasteiger partial charge < -0.3 is 10.1 Å². The zero-order valence-electron chi connectivity index (χ0n) is 15.6. The molecule has 1 fully saturated rings. The third-order valence-electron chi connectivity index (χ3n) is 4.74. The molecule has 1 heterocycles. The second-order valence-electron chi connectivity index (χ2n) is 6.80. The van der Waals surface area contributed by atoms with Crippen molar-refractivity contribution < 1.29 is 17.9 Å². The van der Waals surface area contributed by atoms with E-state index in [2.05, 4.69) is 5.32 Å². The van der Waals surface area contributed by atoms with Crippen molar-refractivity contribution in [3.63, 3.8) is 0 Å². The van der Waals surface area contributed by atoms with Gasteiger partial charge in [-0.05, 0) is 54.8 Å². The Morgan fingerprint density at radius 1 is 1.25 bits per heavy atom. The Hall–Kier alpha value is -2.09. The summed E-state index contributed by atoms with van der Waals surface area (Å²) in [5.41, 5.74) is 1.29. The number of hydrogen-bond acceptors (Lipinski definition) is 4. The maximum absolute atomic E-state index is 12.8. The highest BCUT2D eigenvalue weighted by atomic mass is 35.5. The predicted molar refractivity (Wildman–Crippen MR) is 110 cm³/mol. The molecule has 1 aliphatic rings. The van der Waals surface area contributed by atoms with E-state index in [0.29, 0.717) is 41.4 Å². The highest BCUT2D eigenvalue weighted by Crippen LogP contribution is 2.24. The highest BCUT2D eigenvalue weighted by Gasteiger charge is 2.32. The summed E-state index contributed by atoms with van der Waals surface area (Å²) >= 11 is 5.95. The first-order valence-electron chi connectivity index (χ1n) is 9.04. The normalized spacial score (nSPS) is 17.9. The molecule has 0 radical (unpaired) electrons. The molecule has 150 valence electrons. The predicted octanol–water partition coefficient (Wildman–Crippen LogP) is 3.53. The maximum Gasteiger partial charge on any atom is 0.228 e. The number of ether oxygens (including phenoxy) is 1. The topological polar surface area (TPSA) is 75.7 Å². The van der Waals surface area contributed by atoms with E-state index in [1.165, 1.54) is 4.31 Å². The van der Waals surface area contributed by atoms with Crippen LogP contribution in [-0.2, 0) is 20.6 Å². The fraction of sp³-hybridized carbons (Fsp3) is 0.350. The van der Waals surface area contributed by atoms with Gasteiger partial charge in [0, 0.05) is 23.8 Å². The number of sulfonamides is 1. The van der Waals surface area contributed by atoms with E-state index >= 15 is 0 Å². The first kappa shape index (κ1) is 20.6. The van der Waals surface area contributed by atoms with E-state index in [1.807, 2.05) is 0 Å². The molecule has 0 aromatic heterocycles. The van der Waals surface area contributed by atoms with Crippen LogP contribution in [0.15, 0.2) is 48.5 Å². The van der Waals surface area contributed by atoms with Crippen molar-refractivity contribution >= 4 is 33.2 Å². The van der Waals surface area contributed by atoms with Gasteiger partial charge in [0.1, 0.15) is 5.75 Å². The van der Waals surface area contributed by atoms with Crippen LogP contribution in [0.25, 0.3) is 0 Å². The van der Waals surface area contributed by atoms with E-state index in [1.54, 1.807) is 55.6 Å². The molecule has 2 aromatic carbocycles. The minimum absolute atomic E-state index is 0.125. The zero-order chi connectivity index (χ0) is 20.1.